The van der Waals surface area contributed by atoms with Crippen LogP contribution in [0.15, 0.2) is 23.8 Å². The number of hydrogen-bond acceptors (Lipinski definition) is 3. The summed E-state index contributed by atoms with van der Waals surface area (Å²) < 4.78 is 6.03. The van der Waals surface area contributed by atoms with E-state index < -0.39 is 5.97 Å². The number of allylic oxidation sites excluding steroid dienone is 1. The number of fused-ring (bicyclic) bond motifs is 1. The summed E-state index contributed by atoms with van der Waals surface area (Å²) in [4.78, 5) is 13.2. The molecule has 1 saturated heterocycles. The van der Waals surface area contributed by atoms with Gasteiger partial charge in [-0.1, -0.05) is 25.0 Å². The Kier molecular flexibility index (Phi) is 5.48. The largest absolute Gasteiger partial charge is 0.491 e. The van der Waals surface area contributed by atoms with Gasteiger partial charge in [-0.2, -0.15) is 0 Å². The molecule has 0 saturated carbocycles. The summed E-state index contributed by atoms with van der Waals surface area (Å²) in [6.45, 7) is 8.77. The summed E-state index contributed by atoms with van der Waals surface area (Å²) in [5.74, 6) is 0.130. The van der Waals surface area contributed by atoms with Crippen LogP contribution in [0.1, 0.15) is 51.2 Å². The highest BCUT2D eigenvalue weighted by Crippen LogP contribution is 2.34. The van der Waals surface area contributed by atoms with Crippen molar-refractivity contribution in [2.24, 2.45) is 5.92 Å². The summed E-state index contributed by atoms with van der Waals surface area (Å²) in [5.41, 5.74) is 5.50. The van der Waals surface area contributed by atoms with Crippen molar-refractivity contribution < 1.29 is 14.6 Å². The molecule has 0 amide bonds. The number of nitrogens with zero attached hydrogens (tertiary/aromatic N) is 1. The van der Waals surface area contributed by atoms with Crippen molar-refractivity contribution in [3.63, 3.8) is 0 Å². The molecule has 1 heterocycles. The molecule has 0 unspecified atom stereocenters. The highest BCUT2D eigenvalue weighted by molar-refractivity contribution is 5.73. The van der Waals surface area contributed by atoms with E-state index in [0.29, 0.717) is 13.1 Å². The predicted octanol–water partition coefficient (Wildman–Crippen LogP) is 3.99. The number of aryl methyl sites for hydroxylation is 1. The number of hydrogen-bond donors (Lipinski definition) is 1. The lowest BCUT2D eigenvalue weighted by Gasteiger charge is -2.38. The molecule has 0 radical (unpaired) electrons. The van der Waals surface area contributed by atoms with Crippen molar-refractivity contribution in [1.82, 2.24) is 4.90 Å². The standard InChI is InChI=1S/C21H29NO3/c1-4-5-14(2)25-19-8-9-20-15(3)17(7-6-16(20)10-19)11-22-12-18(13-22)21(23)24/h8-10,14,18H,4-7,11-13H2,1-3H3,(H,23,24)/t14-/m0/s1. The molecule has 4 heteroatoms. The van der Waals surface area contributed by atoms with Gasteiger partial charge in [0.05, 0.1) is 12.0 Å². The Hall–Kier alpha value is -1.81. The zero-order valence-corrected chi connectivity index (χ0v) is 15.5. The summed E-state index contributed by atoms with van der Waals surface area (Å²) in [6, 6.07) is 6.47. The van der Waals surface area contributed by atoms with Gasteiger partial charge >= 0.3 is 5.97 Å². The van der Waals surface area contributed by atoms with Crippen LogP contribution >= 0.6 is 0 Å². The second-order valence-electron chi connectivity index (χ2n) is 7.49. The average Bonchev–Trinajstić information content (AvgIpc) is 2.52. The van der Waals surface area contributed by atoms with Gasteiger partial charge < -0.3 is 9.84 Å². The number of carboxylic acids is 1. The van der Waals surface area contributed by atoms with E-state index in [1.807, 2.05) is 0 Å². The van der Waals surface area contributed by atoms with Crippen molar-refractivity contribution in [2.75, 3.05) is 19.6 Å². The summed E-state index contributed by atoms with van der Waals surface area (Å²) in [5, 5.41) is 9.01. The fourth-order valence-electron chi connectivity index (χ4n) is 3.90. The Morgan fingerprint density at radius 1 is 1.36 bits per heavy atom. The second kappa shape index (κ2) is 7.61. The second-order valence-corrected chi connectivity index (χ2v) is 7.49. The minimum absolute atomic E-state index is 0.179. The van der Waals surface area contributed by atoms with Gasteiger partial charge in [0.2, 0.25) is 0 Å². The van der Waals surface area contributed by atoms with Gasteiger partial charge in [-0.05, 0) is 61.9 Å². The number of ether oxygens (including phenoxy) is 1. The Balaban J connectivity index is 1.67. The zero-order valence-electron chi connectivity index (χ0n) is 15.5. The molecule has 136 valence electrons. The van der Waals surface area contributed by atoms with Gasteiger partial charge in [0.15, 0.2) is 0 Å². The van der Waals surface area contributed by atoms with E-state index in [4.69, 9.17) is 9.84 Å². The Labute approximate surface area is 150 Å². The van der Waals surface area contributed by atoms with E-state index in [2.05, 4.69) is 43.9 Å². The first-order valence-electron chi connectivity index (χ1n) is 9.41. The SMILES string of the molecule is CCC[C@H](C)Oc1ccc2c(c1)CCC(CN1CC(C(=O)O)C1)=C2C. The third-order valence-electron chi connectivity index (χ3n) is 5.46. The highest BCUT2D eigenvalue weighted by atomic mass is 16.5. The number of rotatable bonds is 7. The lowest BCUT2D eigenvalue weighted by molar-refractivity contribution is -0.147. The third-order valence-corrected chi connectivity index (χ3v) is 5.46. The number of benzene rings is 1. The van der Waals surface area contributed by atoms with Gasteiger partial charge in [0.25, 0.3) is 0 Å². The summed E-state index contributed by atoms with van der Waals surface area (Å²) >= 11 is 0. The molecule has 0 bridgehead atoms. The maximum absolute atomic E-state index is 10.9. The topological polar surface area (TPSA) is 49.8 Å². The fourth-order valence-corrected chi connectivity index (χ4v) is 3.90. The van der Waals surface area contributed by atoms with E-state index in [1.165, 1.54) is 22.3 Å². The number of likely N-dealkylation sites (tertiary alicyclic amines) is 1. The average molecular weight is 343 g/mol. The number of carboxylic acid groups (broad SMARTS) is 1. The number of aliphatic carboxylic acids is 1. The van der Waals surface area contributed by atoms with Crippen molar-refractivity contribution in [3.05, 3.63) is 34.9 Å². The third kappa shape index (κ3) is 4.06. The molecule has 1 N–H and O–H groups in total. The van der Waals surface area contributed by atoms with Crippen LogP contribution in [-0.2, 0) is 11.2 Å². The fraction of sp³-hybridized carbons (Fsp3) is 0.571. The van der Waals surface area contributed by atoms with Crippen LogP contribution in [0.3, 0.4) is 0 Å². The first-order chi connectivity index (χ1) is 12.0. The van der Waals surface area contributed by atoms with Crippen LogP contribution in [0.25, 0.3) is 5.57 Å². The smallest absolute Gasteiger partial charge is 0.309 e. The van der Waals surface area contributed by atoms with E-state index >= 15 is 0 Å². The van der Waals surface area contributed by atoms with Gasteiger partial charge in [-0.25, -0.2) is 0 Å². The Bertz CT molecular complexity index is 674. The lowest BCUT2D eigenvalue weighted by Crippen LogP contribution is -2.50. The molecule has 1 atom stereocenters. The van der Waals surface area contributed by atoms with Crippen molar-refractivity contribution >= 4 is 11.5 Å². The van der Waals surface area contributed by atoms with Gasteiger partial charge in [-0.3, -0.25) is 9.69 Å². The van der Waals surface area contributed by atoms with Gasteiger partial charge in [0, 0.05) is 19.6 Å². The number of carbonyl (C=O) groups is 1. The minimum atomic E-state index is -0.666. The molecular formula is C21H29NO3. The monoisotopic (exact) mass is 343 g/mol. The summed E-state index contributed by atoms with van der Waals surface area (Å²) in [6.07, 6.45) is 4.56. The normalized spacial score (nSPS) is 19.3. The minimum Gasteiger partial charge on any atom is -0.491 e. The highest BCUT2D eigenvalue weighted by Gasteiger charge is 2.33. The molecule has 2 aliphatic rings. The molecule has 1 aliphatic heterocycles. The van der Waals surface area contributed by atoms with Crippen LogP contribution in [0.2, 0.25) is 0 Å². The van der Waals surface area contributed by atoms with Crippen LogP contribution in [-0.4, -0.2) is 41.7 Å². The van der Waals surface area contributed by atoms with Crippen LogP contribution in [0.4, 0.5) is 0 Å². The van der Waals surface area contributed by atoms with Crippen LogP contribution < -0.4 is 4.74 Å². The molecule has 4 nitrogen and oxygen atoms in total. The molecule has 3 rings (SSSR count). The quantitative estimate of drug-likeness (QED) is 0.813. The predicted molar refractivity (Wildman–Crippen MR) is 99.9 cm³/mol. The van der Waals surface area contributed by atoms with Crippen molar-refractivity contribution in [3.8, 4) is 5.75 Å². The van der Waals surface area contributed by atoms with Crippen molar-refractivity contribution in [2.45, 2.75) is 52.6 Å². The molecule has 1 aromatic rings. The van der Waals surface area contributed by atoms with Crippen molar-refractivity contribution in [1.29, 1.82) is 0 Å². The first-order valence-corrected chi connectivity index (χ1v) is 9.41. The van der Waals surface area contributed by atoms with Crippen LogP contribution in [0.5, 0.6) is 5.75 Å². The molecule has 25 heavy (non-hydrogen) atoms. The van der Waals surface area contributed by atoms with Gasteiger partial charge in [-0.15, -0.1) is 0 Å². The Morgan fingerprint density at radius 3 is 2.80 bits per heavy atom. The zero-order chi connectivity index (χ0) is 18.0. The first kappa shape index (κ1) is 18.0. The lowest BCUT2D eigenvalue weighted by atomic mass is 9.85. The van der Waals surface area contributed by atoms with Gasteiger partial charge in [0.1, 0.15) is 5.75 Å². The molecular weight excluding hydrogens is 314 g/mol. The summed E-state index contributed by atoms with van der Waals surface area (Å²) in [7, 11) is 0. The van der Waals surface area contributed by atoms with E-state index in [1.54, 1.807) is 0 Å². The van der Waals surface area contributed by atoms with Crippen LogP contribution in [0, 0.1) is 5.92 Å². The maximum Gasteiger partial charge on any atom is 0.309 e. The maximum atomic E-state index is 10.9. The van der Waals surface area contributed by atoms with E-state index in [9.17, 15) is 4.79 Å². The molecule has 0 aromatic heterocycles. The van der Waals surface area contributed by atoms with E-state index in [-0.39, 0.29) is 12.0 Å². The van der Waals surface area contributed by atoms with E-state index in [0.717, 1.165) is 38.0 Å². The molecule has 1 aromatic carbocycles. The Morgan fingerprint density at radius 2 is 2.12 bits per heavy atom. The molecule has 0 spiro atoms. The molecule has 1 aliphatic carbocycles. The molecule has 1 fully saturated rings.